The number of H-pyrrole nitrogens is 1. The van der Waals surface area contributed by atoms with Gasteiger partial charge in [-0.3, -0.25) is 4.90 Å². The number of nitrogens with two attached hydrogens (primary N) is 1. The second kappa shape index (κ2) is 7.34. The highest BCUT2D eigenvalue weighted by atomic mass is 15.1. The third kappa shape index (κ3) is 3.81. The van der Waals surface area contributed by atoms with Gasteiger partial charge in [-0.25, -0.2) is 9.97 Å². The lowest BCUT2D eigenvalue weighted by molar-refractivity contribution is 0.255. The van der Waals surface area contributed by atoms with E-state index in [1.54, 1.807) is 0 Å². The predicted molar refractivity (Wildman–Crippen MR) is 118 cm³/mol. The molecule has 6 heteroatoms. The maximum Gasteiger partial charge on any atom is 0.160 e. The van der Waals surface area contributed by atoms with Crippen LogP contribution >= 0.6 is 0 Å². The number of aryl methyl sites for hydroxylation is 1. The fourth-order valence-electron chi connectivity index (χ4n) is 4.59. The summed E-state index contributed by atoms with van der Waals surface area (Å²) in [5, 5.41) is 3.68. The van der Waals surface area contributed by atoms with E-state index in [-0.39, 0.29) is 6.04 Å². The summed E-state index contributed by atoms with van der Waals surface area (Å²) in [7, 11) is 0. The van der Waals surface area contributed by atoms with Gasteiger partial charge in [-0.15, -0.1) is 0 Å². The van der Waals surface area contributed by atoms with Gasteiger partial charge >= 0.3 is 0 Å². The molecule has 0 spiro atoms. The molecular formula is C23H30N6. The van der Waals surface area contributed by atoms with E-state index in [4.69, 9.17) is 5.73 Å². The Hall–Kier alpha value is -2.60. The Kier molecular flexibility index (Phi) is 4.66. The van der Waals surface area contributed by atoms with Crippen molar-refractivity contribution >= 4 is 22.7 Å². The summed E-state index contributed by atoms with van der Waals surface area (Å²) in [4.78, 5) is 14.9. The molecule has 1 saturated carbocycles. The summed E-state index contributed by atoms with van der Waals surface area (Å²) in [5.41, 5.74) is 12.9. The van der Waals surface area contributed by atoms with Crippen molar-refractivity contribution in [3.05, 3.63) is 46.8 Å². The molecule has 2 aromatic heterocycles. The molecule has 0 radical (unpaired) electrons. The number of aromatic amines is 1. The number of fused-ring (bicyclic) bond motifs is 2. The van der Waals surface area contributed by atoms with Crippen LogP contribution in [-0.4, -0.2) is 32.9 Å². The Morgan fingerprint density at radius 3 is 2.86 bits per heavy atom. The minimum atomic E-state index is 0.175. The molecule has 2 aliphatic rings. The van der Waals surface area contributed by atoms with E-state index in [1.807, 2.05) is 13.0 Å². The number of anilines is 2. The van der Waals surface area contributed by atoms with Gasteiger partial charge < -0.3 is 16.0 Å². The van der Waals surface area contributed by atoms with Gasteiger partial charge in [0, 0.05) is 24.3 Å². The van der Waals surface area contributed by atoms with E-state index in [2.05, 4.69) is 50.3 Å². The Bertz CT molecular complexity index is 1040. The molecule has 0 bridgehead atoms. The lowest BCUT2D eigenvalue weighted by Crippen LogP contribution is -2.26. The Labute approximate surface area is 171 Å². The second-order valence-electron chi connectivity index (χ2n) is 8.73. The maximum atomic E-state index is 6.07. The van der Waals surface area contributed by atoms with Crippen molar-refractivity contribution in [1.29, 1.82) is 0 Å². The molecule has 1 atom stereocenters. The third-order valence-electron chi connectivity index (χ3n) is 6.08. The highest BCUT2D eigenvalue weighted by Crippen LogP contribution is 2.37. The molecule has 1 unspecified atom stereocenters. The molecule has 1 aliphatic carbocycles. The van der Waals surface area contributed by atoms with E-state index < -0.39 is 0 Å². The first-order valence-corrected chi connectivity index (χ1v) is 10.8. The van der Waals surface area contributed by atoms with Gasteiger partial charge in [0.1, 0.15) is 17.2 Å². The van der Waals surface area contributed by atoms with Gasteiger partial charge in [-0.1, -0.05) is 19.1 Å². The van der Waals surface area contributed by atoms with Crippen molar-refractivity contribution in [3.8, 4) is 0 Å². The van der Waals surface area contributed by atoms with Crippen LogP contribution in [0.1, 0.15) is 54.7 Å². The van der Waals surface area contributed by atoms with E-state index in [0.29, 0.717) is 5.82 Å². The zero-order valence-corrected chi connectivity index (χ0v) is 17.3. The van der Waals surface area contributed by atoms with Crippen molar-refractivity contribution in [2.75, 3.05) is 24.1 Å². The molecule has 6 nitrogen and oxygen atoms in total. The summed E-state index contributed by atoms with van der Waals surface area (Å²) in [5.74, 6) is 2.33. The fraction of sp³-hybridized carbons (Fsp3) is 0.478. The molecule has 1 aromatic carbocycles. The highest BCUT2D eigenvalue weighted by molar-refractivity contribution is 5.79. The van der Waals surface area contributed by atoms with Gasteiger partial charge in [0.05, 0.1) is 6.04 Å². The Morgan fingerprint density at radius 2 is 2.07 bits per heavy atom. The molecule has 4 N–H and O–H groups in total. The SMILES string of the molecule is CCCN(Cc1ccc2c(c1)CC(c1cc(N)nc3[nH]c(C)nc13)N2)CC1CC1. The molecule has 1 fully saturated rings. The first-order valence-electron chi connectivity index (χ1n) is 10.8. The predicted octanol–water partition coefficient (Wildman–Crippen LogP) is 4.18. The van der Waals surface area contributed by atoms with Gasteiger partial charge in [0.2, 0.25) is 0 Å². The Morgan fingerprint density at radius 1 is 1.21 bits per heavy atom. The average molecular weight is 391 g/mol. The van der Waals surface area contributed by atoms with Crippen LogP contribution in [0.4, 0.5) is 11.5 Å². The van der Waals surface area contributed by atoms with Gasteiger partial charge in [-0.05, 0) is 68.3 Å². The number of hydrogen-bond acceptors (Lipinski definition) is 5. The van der Waals surface area contributed by atoms with Crippen LogP contribution in [0.5, 0.6) is 0 Å². The van der Waals surface area contributed by atoms with E-state index in [9.17, 15) is 0 Å². The summed E-state index contributed by atoms with van der Waals surface area (Å²) in [6.07, 6.45) is 4.98. The van der Waals surface area contributed by atoms with Crippen molar-refractivity contribution < 1.29 is 0 Å². The summed E-state index contributed by atoms with van der Waals surface area (Å²) < 4.78 is 0. The molecule has 3 heterocycles. The monoisotopic (exact) mass is 390 g/mol. The van der Waals surface area contributed by atoms with E-state index in [1.165, 1.54) is 49.2 Å². The smallest absolute Gasteiger partial charge is 0.160 e. The molecule has 1 aliphatic heterocycles. The number of rotatable bonds is 7. The normalized spacial score (nSPS) is 18.4. The molecule has 5 rings (SSSR count). The van der Waals surface area contributed by atoms with Crippen LogP contribution in [0.15, 0.2) is 24.3 Å². The molecule has 3 aromatic rings. The van der Waals surface area contributed by atoms with Crippen LogP contribution in [0.3, 0.4) is 0 Å². The number of pyridine rings is 1. The second-order valence-corrected chi connectivity index (χ2v) is 8.73. The topological polar surface area (TPSA) is 82.9 Å². The number of aromatic nitrogens is 3. The van der Waals surface area contributed by atoms with Crippen molar-refractivity contribution in [2.45, 2.75) is 52.1 Å². The molecular weight excluding hydrogens is 360 g/mol. The van der Waals surface area contributed by atoms with Crippen LogP contribution < -0.4 is 11.1 Å². The largest absolute Gasteiger partial charge is 0.384 e. The zero-order chi connectivity index (χ0) is 20.0. The number of benzene rings is 1. The van der Waals surface area contributed by atoms with E-state index >= 15 is 0 Å². The van der Waals surface area contributed by atoms with Crippen LogP contribution in [0, 0.1) is 12.8 Å². The number of nitrogen functional groups attached to an aromatic ring is 1. The summed E-state index contributed by atoms with van der Waals surface area (Å²) in [6, 6.07) is 9.04. The highest BCUT2D eigenvalue weighted by Gasteiger charge is 2.27. The Balaban J connectivity index is 1.37. The first-order chi connectivity index (χ1) is 14.1. The fourth-order valence-corrected chi connectivity index (χ4v) is 4.59. The van der Waals surface area contributed by atoms with Crippen molar-refractivity contribution in [3.63, 3.8) is 0 Å². The van der Waals surface area contributed by atoms with Crippen molar-refractivity contribution in [2.24, 2.45) is 5.92 Å². The lowest BCUT2D eigenvalue weighted by atomic mass is 10.0. The minimum absolute atomic E-state index is 0.175. The average Bonchev–Trinajstić information content (AvgIpc) is 3.26. The van der Waals surface area contributed by atoms with Crippen LogP contribution in [0.25, 0.3) is 11.2 Å². The lowest BCUT2D eigenvalue weighted by Gasteiger charge is -2.22. The number of imidazole rings is 1. The third-order valence-corrected chi connectivity index (χ3v) is 6.08. The van der Waals surface area contributed by atoms with Gasteiger partial charge in [0.25, 0.3) is 0 Å². The van der Waals surface area contributed by atoms with Gasteiger partial charge in [-0.2, -0.15) is 0 Å². The standard InChI is InChI=1S/C23H30N6/c1-3-8-29(12-15-4-5-15)13-16-6-7-19-17(9-16)10-20(27-19)18-11-21(24)28-23-22(18)25-14(2)26-23/h6-7,9,11,15,20,27H,3-5,8,10,12-13H2,1-2H3,(H3,24,25,26,28). The quantitative estimate of drug-likeness (QED) is 0.564. The molecule has 29 heavy (non-hydrogen) atoms. The van der Waals surface area contributed by atoms with Crippen LogP contribution in [0.2, 0.25) is 0 Å². The number of nitrogens with zero attached hydrogens (tertiary/aromatic N) is 3. The molecule has 0 amide bonds. The first kappa shape index (κ1) is 18.4. The number of hydrogen-bond donors (Lipinski definition) is 3. The summed E-state index contributed by atoms with van der Waals surface area (Å²) in [6.45, 7) is 7.70. The number of nitrogens with one attached hydrogen (secondary N) is 2. The molecule has 152 valence electrons. The van der Waals surface area contributed by atoms with E-state index in [0.717, 1.165) is 41.4 Å². The van der Waals surface area contributed by atoms with Crippen molar-refractivity contribution in [1.82, 2.24) is 19.9 Å². The zero-order valence-electron chi connectivity index (χ0n) is 17.3. The van der Waals surface area contributed by atoms with Crippen LogP contribution in [-0.2, 0) is 13.0 Å². The minimum Gasteiger partial charge on any atom is -0.384 e. The maximum absolute atomic E-state index is 6.07. The molecule has 0 saturated heterocycles. The van der Waals surface area contributed by atoms with Gasteiger partial charge in [0.15, 0.2) is 5.65 Å². The summed E-state index contributed by atoms with van der Waals surface area (Å²) >= 11 is 0.